The van der Waals surface area contributed by atoms with Gasteiger partial charge in [-0.15, -0.1) is 11.3 Å². The topological polar surface area (TPSA) is 73.3 Å². The number of benzene rings is 3. The number of thiazole rings is 1. The third kappa shape index (κ3) is 5.10. The molecule has 2 aromatic heterocycles. The SMILES string of the molecule is CCC(C)c1ccc(-c2csc(NC(=O)c3cc(-c4ccc(OC)c(OC)c4)nc4ccccc34)n2)cc1. The minimum absolute atomic E-state index is 0.238. The van der Waals surface area contributed by atoms with E-state index in [9.17, 15) is 4.79 Å². The lowest BCUT2D eigenvalue weighted by molar-refractivity contribution is 0.102. The maximum absolute atomic E-state index is 13.5. The summed E-state index contributed by atoms with van der Waals surface area (Å²) in [6.45, 7) is 4.42. The summed E-state index contributed by atoms with van der Waals surface area (Å²) in [6.07, 6.45) is 1.10. The summed E-state index contributed by atoms with van der Waals surface area (Å²) in [5.74, 6) is 1.51. The third-order valence-electron chi connectivity index (χ3n) is 6.75. The molecule has 0 saturated heterocycles. The zero-order chi connectivity index (χ0) is 26.6. The van der Waals surface area contributed by atoms with E-state index in [0.717, 1.165) is 34.1 Å². The first-order valence-electron chi connectivity index (χ1n) is 12.5. The van der Waals surface area contributed by atoms with Gasteiger partial charge in [-0.3, -0.25) is 10.1 Å². The molecule has 6 nitrogen and oxygen atoms in total. The Bertz CT molecular complexity index is 1590. The Balaban J connectivity index is 1.45. The Kier molecular flexibility index (Phi) is 7.38. The van der Waals surface area contributed by atoms with Crippen LogP contribution in [-0.2, 0) is 0 Å². The van der Waals surface area contributed by atoms with E-state index in [2.05, 4.69) is 48.4 Å². The summed E-state index contributed by atoms with van der Waals surface area (Å²) >= 11 is 1.41. The first-order valence-corrected chi connectivity index (χ1v) is 13.4. The number of para-hydroxylation sites is 1. The average Bonchev–Trinajstić information content (AvgIpc) is 3.44. The zero-order valence-corrected chi connectivity index (χ0v) is 22.6. The molecule has 1 unspecified atom stereocenters. The molecule has 7 heteroatoms. The van der Waals surface area contributed by atoms with E-state index in [1.807, 2.05) is 47.8 Å². The molecule has 5 rings (SSSR count). The molecule has 0 fully saturated rings. The van der Waals surface area contributed by atoms with Gasteiger partial charge in [0.25, 0.3) is 5.91 Å². The van der Waals surface area contributed by atoms with E-state index in [4.69, 9.17) is 14.5 Å². The highest BCUT2D eigenvalue weighted by molar-refractivity contribution is 7.14. The fraction of sp³-hybridized carbons (Fsp3) is 0.194. The van der Waals surface area contributed by atoms with Crippen molar-refractivity contribution in [2.75, 3.05) is 19.5 Å². The molecule has 0 aliphatic heterocycles. The molecule has 0 radical (unpaired) electrons. The molecular formula is C31H29N3O3S. The van der Waals surface area contributed by atoms with Crippen molar-refractivity contribution in [3.63, 3.8) is 0 Å². The largest absolute Gasteiger partial charge is 0.493 e. The summed E-state index contributed by atoms with van der Waals surface area (Å²) in [5.41, 5.74) is 5.91. The number of hydrogen-bond donors (Lipinski definition) is 1. The summed E-state index contributed by atoms with van der Waals surface area (Å²) in [7, 11) is 3.19. The molecule has 0 bridgehead atoms. The highest BCUT2D eigenvalue weighted by Crippen LogP contribution is 2.34. The molecule has 5 aromatic rings. The van der Waals surface area contributed by atoms with Crippen LogP contribution in [0.4, 0.5) is 5.13 Å². The van der Waals surface area contributed by atoms with Gasteiger partial charge in [0.1, 0.15) is 0 Å². The standard InChI is InChI=1S/C31H29N3O3S/c1-5-19(2)20-10-12-21(13-11-20)27-18-38-31(33-27)34-30(35)24-17-26(32-25-9-7-6-8-23(24)25)22-14-15-28(36-3)29(16-22)37-4/h6-19H,5H2,1-4H3,(H,33,34,35). The van der Waals surface area contributed by atoms with Gasteiger partial charge in [-0.1, -0.05) is 56.3 Å². The second-order valence-electron chi connectivity index (χ2n) is 9.07. The Labute approximate surface area is 226 Å². The lowest BCUT2D eigenvalue weighted by Gasteiger charge is -2.12. The number of aromatic nitrogens is 2. The van der Waals surface area contributed by atoms with Gasteiger partial charge in [0.2, 0.25) is 0 Å². The van der Waals surface area contributed by atoms with Gasteiger partial charge >= 0.3 is 0 Å². The number of nitrogens with zero attached hydrogens (tertiary/aromatic N) is 2. The van der Waals surface area contributed by atoms with E-state index >= 15 is 0 Å². The van der Waals surface area contributed by atoms with Gasteiger partial charge in [-0.2, -0.15) is 0 Å². The summed E-state index contributed by atoms with van der Waals surface area (Å²) in [4.78, 5) is 23.0. The quantitative estimate of drug-likeness (QED) is 0.225. The number of rotatable bonds is 8. The van der Waals surface area contributed by atoms with Crippen molar-refractivity contribution >= 4 is 33.3 Å². The van der Waals surface area contributed by atoms with Crippen LogP contribution in [0.25, 0.3) is 33.4 Å². The fourth-order valence-electron chi connectivity index (χ4n) is 4.35. The number of carbonyl (C=O) groups excluding carboxylic acids is 1. The van der Waals surface area contributed by atoms with Gasteiger partial charge in [0.05, 0.1) is 36.7 Å². The number of fused-ring (bicyclic) bond motifs is 1. The van der Waals surface area contributed by atoms with Crippen molar-refractivity contribution in [1.82, 2.24) is 9.97 Å². The molecular weight excluding hydrogens is 494 g/mol. The molecule has 0 saturated carbocycles. The van der Waals surface area contributed by atoms with Crippen molar-refractivity contribution < 1.29 is 14.3 Å². The smallest absolute Gasteiger partial charge is 0.258 e. The van der Waals surface area contributed by atoms with Crippen LogP contribution in [0.5, 0.6) is 11.5 Å². The van der Waals surface area contributed by atoms with Crippen LogP contribution >= 0.6 is 11.3 Å². The van der Waals surface area contributed by atoms with Crippen LogP contribution in [-0.4, -0.2) is 30.1 Å². The fourth-order valence-corrected chi connectivity index (χ4v) is 5.07. The number of amides is 1. The Morgan fingerprint density at radius 2 is 1.63 bits per heavy atom. The lowest BCUT2D eigenvalue weighted by Crippen LogP contribution is -2.13. The molecule has 0 aliphatic rings. The van der Waals surface area contributed by atoms with Crippen LogP contribution in [0.2, 0.25) is 0 Å². The number of carbonyl (C=O) groups is 1. The maximum atomic E-state index is 13.5. The van der Waals surface area contributed by atoms with Crippen LogP contribution in [0.1, 0.15) is 42.1 Å². The molecule has 0 spiro atoms. The molecule has 1 atom stereocenters. The summed E-state index contributed by atoms with van der Waals surface area (Å²) in [6, 6.07) is 23.5. The number of nitrogens with one attached hydrogen (secondary N) is 1. The van der Waals surface area contributed by atoms with Crippen LogP contribution in [0.15, 0.2) is 78.2 Å². The summed E-state index contributed by atoms with van der Waals surface area (Å²) in [5, 5.41) is 6.28. The van der Waals surface area contributed by atoms with Gasteiger partial charge in [0.15, 0.2) is 16.6 Å². The number of ether oxygens (including phenoxy) is 2. The van der Waals surface area contributed by atoms with Gasteiger partial charge < -0.3 is 9.47 Å². The highest BCUT2D eigenvalue weighted by Gasteiger charge is 2.17. The van der Waals surface area contributed by atoms with Crippen molar-refractivity contribution in [3.05, 3.63) is 89.3 Å². The van der Waals surface area contributed by atoms with E-state index in [-0.39, 0.29) is 5.91 Å². The first kappa shape index (κ1) is 25.4. The third-order valence-corrected chi connectivity index (χ3v) is 7.51. The van der Waals surface area contributed by atoms with Crippen molar-refractivity contribution in [2.45, 2.75) is 26.2 Å². The Morgan fingerprint density at radius 1 is 0.895 bits per heavy atom. The minimum Gasteiger partial charge on any atom is -0.493 e. The average molecular weight is 524 g/mol. The molecule has 3 aromatic carbocycles. The Hall–Kier alpha value is -4.23. The monoisotopic (exact) mass is 523 g/mol. The Morgan fingerprint density at radius 3 is 2.37 bits per heavy atom. The van der Waals surface area contributed by atoms with E-state index < -0.39 is 0 Å². The van der Waals surface area contributed by atoms with Crippen LogP contribution < -0.4 is 14.8 Å². The van der Waals surface area contributed by atoms with Crippen molar-refractivity contribution in [2.24, 2.45) is 0 Å². The van der Waals surface area contributed by atoms with Crippen LogP contribution in [0, 0.1) is 0 Å². The molecule has 0 aliphatic carbocycles. The second kappa shape index (κ2) is 11.0. The predicted octanol–water partition coefficient (Wildman–Crippen LogP) is 7.81. The predicted molar refractivity (Wildman–Crippen MR) is 154 cm³/mol. The molecule has 38 heavy (non-hydrogen) atoms. The first-order chi connectivity index (χ1) is 18.5. The minimum atomic E-state index is -0.238. The number of methoxy groups -OCH3 is 2. The number of pyridine rings is 1. The normalized spacial score (nSPS) is 11.8. The zero-order valence-electron chi connectivity index (χ0n) is 21.8. The molecule has 1 amide bonds. The molecule has 192 valence electrons. The second-order valence-corrected chi connectivity index (χ2v) is 9.92. The summed E-state index contributed by atoms with van der Waals surface area (Å²) < 4.78 is 10.8. The van der Waals surface area contributed by atoms with Crippen LogP contribution in [0.3, 0.4) is 0 Å². The maximum Gasteiger partial charge on any atom is 0.258 e. The van der Waals surface area contributed by atoms with Gasteiger partial charge in [-0.25, -0.2) is 9.97 Å². The highest BCUT2D eigenvalue weighted by atomic mass is 32.1. The van der Waals surface area contributed by atoms with Gasteiger partial charge in [-0.05, 0) is 48.2 Å². The number of hydrogen-bond acceptors (Lipinski definition) is 6. The molecule has 2 heterocycles. The molecule has 1 N–H and O–H groups in total. The van der Waals surface area contributed by atoms with E-state index in [1.54, 1.807) is 20.3 Å². The van der Waals surface area contributed by atoms with Crippen molar-refractivity contribution in [1.29, 1.82) is 0 Å². The lowest BCUT2D eigenvalue weighted by atomic mass is 9.97. The van der Waals surface area contributed by atoms with Crippen molar-refractivity contribution in [3.8, 4) is 34.0 Å². The van der Waals surface area contributed by atoms with E-state index in [0.29, 0.717) is 33.8 Å². The number of anilines is 1. The van der Waals surface area contributed by atoms with E-state index in [1.165, 1.54) is 16.9 Å². The van der Waals surface area contributed by atoms with Gasteiger partial charge in [0, 0.05) is 21.9 Å².